The van der Waals surface area contributed by atoms with E-state index in [1.165, 1.54) is 0 Å². The molecule has 4 atom stereocenters. The van der Waals surface area contributed by atoms with Crippen molar-refractivity contribution in [3.8, 4) is 0 Å². The van der Waals surface area contributed by atoms with Gasteiger partial charge < -0.3 is 15.9 Å². The van der Waals surface area contributed by atoms with Crippen molar-refractivity contribution in [3.05, 3.63) is 0 Å². The van der Waals surface area contributed by atoms with Crippen molar-refractivity contribution in [2.24, 2.45) is 17.6 Å². The monoisotopic (exact) mass is 145 g/mol. The maximum atomic E-state index is 9.15. The Balaban J connectivity index is 2.40. The van der Waals surface area contributed by atoms with Crippen LogP contribution in [0.3, 0.4) is 0 Å². The third-order valence-corrected chi connectivity index (χ3v) is 2.41. The fourth-order valence-electron chi connectivity index (χ4n) is 1.77. The average Bonchev–Trinajstić information content (AvgIpc) is 1.80. The molecule has 1 aliphatic carbocycles. The molecule has 1 rings (SSSR count). The summed E-state index contributed by atoms with van der Waals surface area (Å²) in [5.41, 5.74) is 5.62. The molecule has 3 heteroatoms. The first-order valence-corrected chi connectivity index (χ1v) is 3.71. The van der Waals surface area contributed by atoms with Gasteiger partial charge in [0.25, 0.3) is 0 Å². The SMILES string of the molecule is CC(O)[C@@H]1[C@@H](CO)C[C@H]1N. The van der Waals surface area contributed by atoms with E-state index in [1.54, 1.807) is 6.92 Å². The Bertz CT molecular complexity index is 111. The summed E-state index contributed by atoms with van der Waals surface area (Å²) in [6, 6.07) is 0.0946. The number of aliphatic hydroxyl groups is 2. The Hall–Kier alpha value is -0.120. The summed E-state index contributed by atoms with van der Waals surface area (Å²) in [6.07, 6.45) is 0.479. The molecule has 1 saturated carbocycles. The van der Waals surface area contributed by atoms with Gasteiger partial charge in [0.1, 0.15) is 0 Å². The summed E-state index contributed by atoms with van der Waals surface area (Å²) < 4.78 is 0. The number of hydrogen-bond acceptors (Lipinski definition) is 3. The number of hydrogen-bond donors (Lipinski definition) is 3. The van der Waals surface area contributed by atoms with E-state index in [0.29, 0.717) is 0 Å². The van der Waals surface area contributed by atoms with Crippen LogP contribution in [0.25, 0.3) is 0 Å². The van der Waals surface area contributed by atoms with E-state index in [-0.39, 0.29) is 30.6 Å². The Morgan fingerprint density at radius 1 is 1.70 bits per heavy atom. The highest BCUT2D eigenvalue weighted by Crippen LogP contribution is 2.35. The minimum absolute atomic E-state index is 0.0946. The molecule has 0 saturated heterocycles. The summed E-state index contributed by atoms with van der Waals surface area (Å²) in [5, 5.41) is 17.9. The summed E-state index contributed by atoms with van der Waals surface area (Å²) in [5.74, 6) is 0.347. The summed E-state index contributed by atoms with van der Waals surface area (Å²) in [7, 11) is 0. The van der Waals surface area contributed by atoms with Gasteiger partial charge in [-0.1, -0.05) is 0 Å². The zero-order valence-corrected chi connectivity index (χ0v) is 6.20. The summed E-state index contributed by atoms with van der Waals surface area (Å²) in [6.45, 7) is 1.88. The molecule has 0 bridgehead atoms. The normalized spacial score (nSPS) is 42.6. The van der Waals surface area contributed by atoms with E-state index in [4.69, 9.17) is 15.9 Å². The third kappa shape index (κ3) is 1.17. The molecule has 4 N–H and O–H groups in total. The Morgan fingerprint density at radius 3 is 2.50 bits per heavy atom. The van der Waals surface area contributed by atoms with E-state index in [1.807, 2.05) is 0 Å². The molecule has 0 spiro atoms. The second-order valence-corrected chi connectivity index (χ2v) is 3.16. The Labute approximate surface area is 60.9 Å². The van der Waals surface area contributed by atoms with Gasteiger partial charge in [0.05, 0.1) is 6.10 Å². The molecule has 0 heterocycles. The van der Waals surface area contributed by atoms with Gasteiger partial charge in [0.15, 0.2) is 0 Å². The van der Waals surface area contributed by atoms with Crippen LogP contribution in [-0.2, 0) is 0 Å². The highest BCUT2D eigenvalue weighted by atomic mass is 16.3. The fourth-order valence-corrected chi connectivity index (χ4v) is 1.77. The predicted octanol–water partition coefficient (Wildman–Crippen LogP) is -0.677. The van der Waals surface area contributed by atoms with Crippen molar-refractivity contribution in [2.45, 2.75) is 25.5 Å². The lowest BCUT2D eigenvalue weighted by Gasteiger charge is -2.43. The molecule has 1 fully saturated rings. The average molecular weight is 145 g/mol. The first-order valence-electron chi connectivity index (χ1n) is 3.71. The van der Waals surface area contributed by atoms with Gasteiger partial charge in [-0.25, -0.2) is 0 Å². The molecule has 0 aromatic rings. The van der Waals surface area contributed by atoms with Crippen LogP contribution in [0.4, 0.5) is 0 Å². The van der Waals surface area contributed by atoms with Crippen molar-refractivity contribution in [1.82, 2.24) is 0 Å². The van der Waals surface area contributed by atoms with Crippen LogP contribution in [0.15, 0.2) is 0 Å². The number of aliphatic hydroxyl groups excluding tert-OH is 2. The molecule has 3 nitrogen and oxygen atoms in total. The van der Waals surface area contributed by atoms with E-state index in [9.17, 15) is 0 Å². The van der Waals surface area contributed by atoms with Crippen molar-refractivity contribution < 1.29 is 10.2 Å². The van der Waals surface area contributed by atoms with Gasteiger partial charge in [-0.15, -0.1) is 0 Å². The predicted molar refractivity (Wildman–Crippen MR) is 38.3 cm³/mol. The molecule has 0 aromatic carbocycles. The van der Waals surface area contributed by atoms with Crippen LogP contribution in [0.2, 0.25) is 0 Å². The number of rotatable bonds is 2. The van der Waals surface area contributed by atoms with Crippen LogP contribution in [-0.4, -0.2) is 29.0 Å². The fraction of sp³-hybridized carbons (Fsp3) is 1.00. The minimum Gasteiger partial charge on any atom is -0.396 e. The maximum Gasteiger partial charge on any atom is 0.0558 e. The van der Waals surface area contributed by atoms with Gasteiger partial charge in [-0.05, 0) is 19.3 Å². The molecule has 10 heavy (non-hydrogen) atoms. The van der Waals surface area contributed by atoms with Gasteiger partial charge >= 0.3 is 0 Å². The van der Waals surface area contributed by atoms with Gasteiger partial charge in [0, 0.05) is 18.6 Å². The van der Waals surface area contributed by atoms with Gasteiger partial charge in [-0.3, -0.25) is 0 Å². The summed E-state index contributed by atoms with van der Waals surface area (Å²) >= 11 is 0. The Morgan fingerprint density at radius 2 is 2.30 bits per heavy atom. The Kier molecular flexibility index (Phi) is 2.28. The molecule has 0 amide bonds. The molecular formula is C7H15NO2. The molecular weight excluding hydrogens is 130 g/mol. The first-order chi connectivity index (χ1) is 4.66. The van der Waals surface area contributed by atoms with Crippen LogP contribution >= 0.6 is 0 Å². The van der Waals surface area contributed by atoms with Crippen molar-refractivity contribution >= 4 is 0 Å². The zero-order valence-electron chi connectivity index (χ0n) is 6.20. The van der Waals surface area contributed by atoms with Crippen molar-refractivity contribution in [2.75, 3.05) is 6.61 Å². The second-order valence-electron chi connectivity index (χ2n) is 3.16. The quantitative estimate of drug-likeness (QED) is 0.482. The highest BCUT2D eigenvalue weighted by molar-refractivity contribution is 4.94. The largest absolute Gasteiger partial charge is 0.396 e. The standard InChI is InChI=1S/C7H15NO2/c1-4(10)7-5(3-9)2-6(7)8/h4-7,9-10H,2-3,8H2,1H3/t4?,5-,6-,7-/m1/s1. The third-order valence-electron chi connectivity index (χ3n) is 2.41. The van der Waals surface area contributed by atoms with E-state index >= 15 is 0 Å². The maximum absolute atomic E-state index is 9.15. The van der Waals surface area contributed by atoms with Crippen LogP contribution in [0.5, 0.6) is 0 Å². The smallest absolute Gasteiger partial charge is 0.0558 e. The lowest BCUT2D eigenvalue weighted by Crippen LogP contribution is -2.53. The van der Waals surface area contributed by atoms with Gasteiger partial charge in [-0.2, -0.15) is 0 Å². The lowest BCUT2D eigenvalue weighted by atomic mass is 9.67. The van der Waals surface area contributed by atoms with E-state index in [0.717, 1.165) is 6.42 Å². The molecule has 1 unspecified atom stereocenters. The lowest BCUT2D eigenvalue weighted by molar-refractivity contribution is -0.0200. The minimum atomic E-state index is -0.374. The van der Waals surface area contributed by atoms with Crippen LogP contribution in [0, 0.1) is 11.8 Å². The molecule has 0 aromatic heterocycles. The van der Waals surface area contributed by atoms with E-state index < -0.39 is 0 Å². The molecule has 1 aliphatic rings. The topological polar surface area (TPSA) is 66.5 Å². The van der Waals surface area contributed by atoms with E-state index in [2.05, 4.69) is 0 Å². The molecule has 60 valence electrons. The van der Waals surface area contributed by atoms with Gasteiger partial charge in [0.2, 0.25) is 0 Å². The first kappa shape index (κ1) is 7.98. The molecule has 0 aliphatic heterocycles. The highest BCUT2D eigenvalue weighted by Gasteiger charge is 2.40. The molecule has 0 radical (unpaired) electrons. The van der Waals surface area contributed by atoms with Crippen LogP contribution < -0.4 is 5.73 Å². The van der Waals surface area contributed by atoms with Crippen LogP contribution in [0.1, 0.15) is 13.3 Å². The van der Waals surface area contributed by atoms with Crippen molar-refractivity contribution in [3.63, 3.8) is 0 Å². The number of nitrogens with two attached hydrogens (primary N) is 1. The zero-order chi connectivity index (χ0) is 7.72. The second kappa shape index (κ2) is 2.86. The summed E-state index contributed by atoms with van der Waals surface area (Å²) in [4.78, 5) is 0. The van der Waals surface area contributed by atoms with Crippen molar-refractivity contribution in [1.29, 1.82) is 0 Å².